The van der Waals surface area contributed by atoms with Gasteiger partial charge in [-0.3, -0.25) is 9.48 Å². The van der Waals surface area contributed by atoms with Crippen molar-refractivity contribution in [1.29, 1.82) is 0 Å². The Kier molecular flexibility index (Phi) is 3.50. The topological polar surface area (TPSA) is 58.4 Å². The number of carbonyl (C=O) groups excluding carboxylic acids is 1. The Hall–Kier alpha value is -1.66. The summed E-state index contributed by atoms with van der Waals surface area (Å²) < 4.78 is 1.81. The minimum Gasteiger partial charge on any atom is -0.394 e. The van der Waals surface area contributed by atoms with Crippen molar-refractivity contribution in [2.24, 2.45) is 0 Å². The molecule has 1 amide bonds. The number of aliphatic hydroxyl groups is 1. The van der Waals surface area contributed by atoms with E-state index in [-0.39, 0.29) is 12.5 Å². The molecule has 0 unspecified atom stereocenters. The van der Waals surface area contributed by atoms with E-state index in [1.165, 1.54) is 24.0 Å². The number of aliphatic hydroxyl groups excluding tert-OH is 1. The van der Waals surface area contributed by atoms with Crippen LogP contribution in [0.3, 0.4) is 0 Å². The maximum atomic E-state index is 12.9. The highest BCUT2D eigenvalue weighted by molar-refractivity contribution is 7.12. The van der Waals surface area contributed by atoms with Crippen molar-refractivity contribution in [2.75, 3.05) is 6.61 Å². The number of fused-ring (bicyclic) bond motifs is 2. The molecule has 0 saturated carbocycles. The van der Waals surface area contributed by atoms with E-state index < -0.39 is 0 Å². The number of thiophene rings is 1. The number of nitrogens with zero attached hydrogens (tertiary/aromatic N) is 3. The highest BCUT2D eigenvalue weighted by Crippen LogP contribution is 2.32. The molecule has 22 heavy (non-hydrogen) atoms. The van der Waals surface area contributed by atoms with E-state index in [2.05, 4.69) is 10.5 Å². The maximum absolute atomic E-state index is 12.9. The molecule has 1 aliphatic carbocycles. The third-order valence-electron chi connectivity index (χ3n) is 4.63. The molecular weight excluding hydrogens is 298 g/mol. The van der Waals surface area contributed by atoms with Gasteiger partial charge in [-0.15, -0.1) is 11.3 Å². The monoisotopic (exact) mass is 317 g/mol. The van der Waals surface area contributed by atoms with Crippen LogP contribution in [0.4, 0.5) is 0 Å². The predicted molar refractivity (Wildman–Crippen MR) is 83.9 cm³/mol. The summed E-state index contributed by atoms with van der Waals surface area (Å²) in [6.45, 7) is 1.79. The van der Waals surface area contributed by atoms with Crippen LogP contribution < -0.4 is 0 Å². The first kappa shape index (κ1) is 14.0. The van der Waals surface area contributed by atoms with Crippen LogP contribution in [0, 0.1) is 0 Å². The molecule has 2 aromatic heterocycles. The molecule has 2 aromatic rings. The molecular formula is C16H19N3O2S. The molecule has 1 N–H and O–H groups in total. The summed E-state index contributed by atoms with van der Waals surface area (Å²) >= 11 is 1.60. The number of amides is 1. The smallest absolute Gasteiger partial charge is 0.264 e. The van der Waals surface area contributed by atoms with Crippen LogP contribution in [0.5, 0.6) is 0 Å². The molecule has 0 atom stereocenters. The lowest BCUT2D eigenvalue weighted by molar-refractivity contribution is 0.0751. The number of hydrogen-bond donors (Lipinski definition) is 1. The Labute approximate surface area is 133 Å². The summed E-state index contributed by atoms with van der Waals surface area (Å²) in [6, 6.07) is 0. The lowest BCUT2D eigenvalue weighted by Crippen LogP contribution is -2.26. The molecule has 0 bridgehead atoms. The van der Waals surface area contributed by atoms with Crippen LogP contribution in [0.15, 0.2) is 11.6 Å². The first-order chi connectivity index (χ1) is 10.8. The van der Waals surface area contributed by atoms with Gasteiger partial charge in [-0.2, -0.15) is 5.10 Å². The largest absolute Gasteiger partial charge is 0.394 e. The third-order valence-corrected chi connectivity index (χ3v) is 5.69. The van der Waals surface area contributed by atoms with Gasteiger partial charge >= 0.3 is 0 Å². The van der Waals surface area contributed by atoms with Crippen LogP contribution in [0.1, 0.15) is 44.9 Å². The van der Waals surface area contributed by atoms with Crippen molar-refractivity contribution in [2.45, 2.75) is 45.3 Å². The van der Waals surface area contributed by atoms with E-state index in [9.17, 15) is 4.79 Å². The SMILES string of the molecule is O=C(c1scc2c1CCCC2)N1Cc2cnn(CCO)c2C1. The molecule has 0 saturated heterocycles. The molecule has 6 heteroatoms. The van der Waals surface area contributed by atoms with Gasteiger partial charge in [0.05, 0.1) is 36.5 Å². The van der Waals surface area contributed by atoms with Crippen LogP contribution in [-0.4, -0.2) is 32.3 Å². The van der Waals surface area contributed by atoms with E-state index in [1.807, 2.05) is 15.8 Å². The third kappa shape index (κ3) is 2.18. The fourth-order valence-electron chi connectivity index (χ4n) is 3.48. The van der Waals surface area contributed by atoms with Gasteiger partial charge in [-0.25, -0.2) is 0 Å². The van der Waals surface area contributed by atoms with Gasteiger partial charge < -0.3 is 10.0 Å². The zero-order chi connectivity index (χ0) is 15.1. The molecule has 0 aromatic carbocycles. The Bertz CT molecular complexity index is 719. The van der Waals surface area contributed by atoms with Crippen LogP contribution in [0.25, 0.3) is 0 Å². The van der Waals surface area contributed by atoms with Gasteiger partial charge in [-0.1, -0.05) is 0 Å². The van der Waals surface area contributed by atoms with Gasteiger partial charge in [0.2, 0.25) is 0 Å². The second-order valence-corrected chi connectivity index (χ2v) is 6.88. The molecule has 116 valence electrons. The average molecular weight is 317 g/mol. The van der Waals surface area contributed by atoms with E-state index in [1.54, 1.807) is 11.3 Å². The Morgan fingerprint density at radius 2 is 2.14 bits per heavy atom. The Morgan fingerprint density at radius 3 is 3.00 bits per heavy atom. The summed E-state index contributed by atoms with van der Waals surface area (Å²) in [6.07, 6.45) is 6.41. The number of hydrogen-bond acceptors (Lipinski definition) is 4. The van der Waals surface area contributed by atoms with Gasteiger partial charge in [0.1, 0.15) is 0 Å². The minimum absolute atomic E-state index is 0.0699. The second kappa shape index (κ2) is 5.52. The van der Waals surface area contributed by atoms with E-state index in [0.717, 1.165) is 29.0 Å². The number of rotatable bonds is 3. The van der Waals surface area contributed by atoms with Crippen LogP contribution in [-0.2, 0) is 32.5 Å². The molecule has 0 fully saturated rings. The number of aromatic nitrogens is 2. The van der Waals surface area contributed by atoms with E-state index in [0.29, 0.717) is 19.6 Å². The zero-order valence-electron chi connectivity index (χ0n) is 12.4. The summed E-state index contributed by atoms with van der Waals surface area (Å²) in [5, 5.41) is 15.5. The van der Waals surface area contributed by atoms with Gasteiger partial charge in [0.25, 0.3) is 5.91 Å². The lowest BCUT2D eigenvalue weighted by atomic mass is 9.94. The van der Waals surface area contributed by atoms with E-state index >= 15 is 0 Å². The molecule has 0 spiro atoms. The van der Waals surface area contributed by atoms with Crippen LogP contribution >= 0.6 is 11.3 Å². The lowest BCUT2D eigenvalue weighted by Gasteiger charge is -2.18. The quantitative estimate of drug-likeness (QED) is 0.941. The Morgan fingerprint density at radius 1 is 1.27 bits per heavy atom. The van der Waals surface area contributed by atoms with Crippen molar-refractivity contribution in [3.05, 3.63) is 38.8 Å². The van der Waals surface area contributed by atoms with E-state index in [4.69, 9.17) is 5.11 Å². The van der Waals surface area contributed by atoms with Gasteiger partial charge in [0.15, 0.2) is 0 Å². The van der Waals surface area contributed by atoms with Crippen molar-refractivity contribution in [1.82, 2.24) is 14.7 Å². The summed E-state index contributed by atoms with van der Waals surface area (Å²) in [7, 11) is 0. The highest BCUT2D eigenvalue weighted by Gasteiger charge is 2.30. The van der Waals surface area contributed by atoms with Crippen molar-refractivity contribution in [3.63, 3.8) is 0 Å². The Balaban J connectivity index is 1.56. The van der Waals surface area contributed by atoms with Crippen molar-refractivity contribution >= 4 is 17.2 Å². The molecule has 4 rings (SSSR count). The fourth-order valence-corrected chi connectivity index (χ4v) is 4.61. The fraction of sp³-hybridized carbons (Fsp3) is 0.500. The first-order valence-electron chi connectivity index (χ1n) is 7.81. The van der Waals surface area contributed by atoms with Gasteiger partial charge in [0, 0.05) is 12.1 Å². The second-order valence-electron chi connectivity index (χ2n) is 6.00. The average Bonchev–Trinajstić information content (AvgIpc) is 3.21. The summed E-state index contributed by atoms with van der Waals surface area (Å²) in [4.78, 5) is 15.7. The minimum atomic E-state index is 0.0699. The van der Waals surface area contributed by atoms with Crippen molar-refractivity contribution in [3.8, 4) is 0 Å². The first-order valence-corrected chi connectivity index (χ1v) is 8.69. The molecule has 2 aliphatic rings. The molecule has 0 radical (unpaired) electrons. The predicted octanol–water partition coefficient (Wildman–Crippen LogP) is 1.97. The summed E-state index contributed by atoms with van der Waals surface area (Å²) in [5.41, 5.74) is 4.83. The summed E-state index contributed by atoms with van der Waals surface area (Å²) in [5.74, 6) is 0.153. The molecule has 1 aliphatic heterocycles. The standard InChI is InChI=1S/C16H19N3O2S/c20-6-5-19-14-9-18(8-12(14)7-17-19)16(21)15-13-4-2-1-3-11(13)10-22-15/h7,10,20H,1-6,8-9H2. The normalized spacial score (nSPS) is 16.7. The van der Waals surface area contributed by atoms with Gasteiger partial charge in [-0.05, 0) is 42.2 Å². The number of carbonyl (C=O) groups is 1. The molecule has 3 heterocycles. The van der Waals surface area contributed by atoms with Crippen molar-refractivity contribution < 1.29 is 9.90 Å². The number of aryl methyl sites for hydroxylation is 1. The highest BCUT2D eigenvalue weighted by atomic mass is 32.1. The van der Waals surface area contributed by atoms with Crippen LogP contribution in [0.2, 0.25) is 0 Å². The maximum Gasteiger partial charge on any atom is 0.264 e. The zero-order valence-corrected chi connectivity index (χ0v) is 13.2. The molecule has 5 nitrogen and oxygen atoms in total.